The van der Waals surface area contributed by atoms with E-state index in [4.69, 9.17) is 5.73 Å². The Morgan fingerprint density at radius 1 is 1.07 bits per heavy atom. The minimum Gasteiger partial charge on any atom is -0.398 e. The van der Waals surface area contributed by atoms with Crippen LogP contribution in [-0.4, -0.2) is 26.7 Å². The predicted octanol–water partition coefficient (Wildman–Crippen LogP) is 5.64. The quantitative estimate of drug-likeness (QED) is 0.318. The van der Waals surface area contributed by atoms with Crippen molar-refractivity contribution >= 4 is 17.4 Å². The summed E-state index contributed by atoms with van der Waals surface area (Å²) in [7, 11) is 0. The van der Waals surface area contributed by atoms with Crippen LogP contribution in [0.5, 0.6) is 0 Å². The molecule has 30 heavy (non-hydrogen) atoms. The number of hydrogen-bond acceptors (Lipinski definition) is 4. The summed E-state index contributed by atoms with van der Waals surface area (Å²) in [5, 5.41) is 3.36. The number of anilines is 1. The Morgan fingerprint density at radius 2 is 1.73 bits per heavy atom. The number of aromatic nitrogens is 3. The van der Waals surface area contributed by atoms with Crippen molar-refractivity contribution in [3.05, 3.63) is 53.6 Å². The molecule has 0 aliphatic heterocycles. The van der Waals surface area contributed by atoms with Crippen LogP contribution in [0.25, 0.3) is 17.1 Å². The summed E-state index contributed by atoms with van der Waals surface area (Å²) in [5.74, 6) is -4.15. The van der Waals surface area contributed by atoms with Gasteiger partial charge in [-0.25, -0.2) is 14.1 Å². The molecule has 3 rings (SSSR count). The van der Waals surface area contributed by atoms with Crippen molar-refractivity contribution in [3.8, 4) is 17.1 Å². The van der Waals surface area contributed by atoms with Gasteiger partial charge in [0.15, 0.2) is 5.82 Å². The number of nitrogens with zero attached hydrogens (tertiary/aromatic N) is 3. The van der Waals surface area contributed by atoms with E-state index >= 15 is 0 Å². The zero-order valence-electron chi connectivity index (χ0n) is 15.1. The van der Waals surface area contributed by atoms with Gasteiger partial charge in [0, 0.05) is 16.1 Å². The first-order valence-electron chi connectivity index (χ1n) is 8.26. The van der Waals surface area contributed by atoms with Gasteiger partial charge < -0.3 is 5.73 Å². The molecule has 160 valence electrons. The van der Waals surface area contributed by atoms with E-state index < -0.39 is 41.3 Å². The highest BCUT2D eigenvalue weighted by atomic mass is 32.2. The van der Waals surface area contributed by atoms with Gasteiger partial charge in [-0.15, -0.1) is 16.9 Å². The lowest BCUT2D eigenvalue weighted by Gasteiger charge is -2.13. The molecule has 4 nitrogen and oxygen atoms in total. The van der Waals surface area contributed by atoms with Gasteiger partial charge in [-0.2, -0.15) is 26.3 Å². The van der Waals surface area contributed by atoms with Gasteiger partial charge in [-0.3, -0.25) is 0 Å². The van der Waals surface area contributed by atoms with Crippen molar-refractivity contribution < 1.29 is 30.7 Å². The highest BCUT2D eigenvalue weighted by Crippen LogP contribution is 2.35. The highest BCUT2D eigenvalue weighted by Gasteiger charge is 2.38. The number of nitrogens with two attached hydrogens (primary N) is 1. The fourth-order valence-electron chi connectivity index (χ4n) is 2.59. The molecule has 3 aromatic rings. The van der Waals surface area contributed by atoms with Gasteiger partial charge in [0.05, 0.1) is 5.75 Å². The van der Waals surface area contributed by atoms with Crippen molar-refractivity contribution in [2.24, 2.45) is 0 Å². The lowest BCUT2D eigenvalue weighted by atomic mass is 10.1. The number of benzene rings is 2. The zero-order chi connectivity index (χ0) is 22.3. The number of alkyl halides is 6. The molecule has 0 fully saturated rings. The third-order valence-corrected chi connectivity index (χ3v) is 5.15. The van der Waals surface area contributed by atoms with Gasteiger partial charge in [0.25, 0.3) is 5.82 Å². The second-order valence-electron chi connectivity index (χ2n) is 6.23. The molecular formula is C18H13F7N4S. The third-order valence-electron chi connectivity index (χ3n) is 3.93. The molecule has 0 bridgehead atoms. The highest BCUT2D eigenvalue weighted by molar-refractivity contribution is 7.99. The second kappa shape index (κ2) is 7.82. The van der Waals surface area contributed by atoms with Crippen LogP contribution in [-0.2, 0) is 6.18 Å². The maximum atomic E-state index is 14.7. The number of aryl methyl sites for hydroxylation is 1. The summed E-state index contributed by atoms with van der Waals surface area (Å²) in [6, 6.07) is 7.77. The van der Waals surface area contributed by atoms with Crippen LogP contribution < -0.4 is 5.73 Å². The summed E-state index contributed by atoms with van der Waals surface area (Å²) in [6.07, 6.45) is -9.41. The molecule has 12 heteroatoms. The maximum absolute atomic E-state index is 14.7. The molecule has 0 unspecified atom stereocenters. The smallest absolute Gasteiger partial charge is 0.398 e. The van der Waals surface area contributed by atoms with Crippen molar-refractivity contribution in [3.63, 3.8) is 0 Å². The average Bonchev–Trinajstić information content (AvgIpc) is 3.06. The Kier molecular flexibility index (Phi) is 5.72. The fourth-order valence-corrected chi connectivity index (χ4v) is 3.40. The molecule has 0 aliphatic carbocycles. The normalized spacial score (nSPS) is 12.4. The number of rotatable bonds is 4. The first-order chi connectivity index (χ1) is 13.9. The van der Waals surface area contributed by atoms with Crippen LogP contribution in [0.1, 0.15) is 11.4 Å². The Bertz CT molecular complexity index is 1070. The van der Waals surface area contributed by atoms with Crippen LogP contribution in [0.2, 0.25) is 0 Å². The van der Waals surface area contributed by atoms with E-state index in [0.29, 0.717) is 16.4 Å². The minimum atomic E-state index is -4.93. The van der Waals surface area contributed by atoms with E-state index in [1.165, 1.54) is 25.1 Å². The van der Waals surface area contributed by atoms with Gasteiger partial charge in [0.2, 0.25) is 0 Å². The summed E-state index contributed by atoms with van der Waals surface area (Å²) >= 11 is 0.389. The monoisotopic (exact) mass is 450 g/mol. The van der Waals surface area contributed by atoms with Crippen molar-refractivity contribution in [2.75, 3.05) is 11.5 Å². The summed E-state index contributed by atoms with van der Waals surface area (Å²) in [6.45, 7) is 1.39. The van der Waals surface area contributed by atoms with Gasteiger partial charge >= 0.3 is 12.4 Å². The zero-order valence-corrected chi connectivity index (χ0v) is 16.0. The van der Waals surface area contributed by atoms with E-state index in [-0.39, 0.29) is 21.7 Å². The average molecular weight is 450 g/mol. The Labute approximate surface area is 169 Å². The molecule has 0 radical (unpaired) electrons. The molecule has 0 aliphatic rings. The molecule has 0 amide bonds. The largest absolute Gasteiger partial charge is 0.453 e. The van der Waals surface area contributed by atoms with Crippen LogP contribution in [0.4, 0.5) is 36.4 Å². The molecule has 1 heterocycles. The number of halogens is 7. The van der Waals surface area contributed by atoms with Crippen molar-refractivity contribution in [1.82, 2.24) is 14.8 Å². The van der Waals surface area contributed by atoms with Crippen LogP contribution in [0.3, 0.4) is 0 Å². The van der Waals surface area contributed by atoms with E-state index in [1.54, 1.807) is 6.07 Å². The van der Waals surface area contributed by atoms with Crippen molar-refractivity contribution in [2.45, 2.75) is 24.2 Å². The first-order valence-corrected chi connectivity index (χ1v) is 9.24. The van der Waals surface area contributed by atoms with Gasteiger partial charge in [-0.1, -0.05) is 12.1 Å². The Hall–Kier alpha value is -2.76. The lowest BCUT2D eigenvalue weighted by molar-refractivity contribution is -0.144. The van der Waals surface area contributed by atoms with Crippen LogP contribution >= 0.6 is 11.8 Å². The fraction of sp³-hybridized carbons (Fsp3) is 0.222. The molecule has 0 spiro atoms. The van der Waals surface area contributed by atoms with E-state index in [2.05, 4.69) is 10.1 Å². The van der Waals surface area contributed by atoms with Gasteiger partial charge in [-0.05, 0) is 36.8 Å². The second-order valence-corrected chi connectivity index (χ2v) is 7.25. The Morgan fingerprint density at radius 3 is 2.33 bits per heavy atom. The third kappa shape index (κ3) is 4.69. The Balaban J connectivity index is 2.19. The van der Waals surface area contributed by atoms with Crippen molar-refractivity contribution in [1.29, 1.82) is 0 Å². The molecule has 2 aromatic carbocycles. The molecular weight excluding hydrogens is 437 g/mol. The first kappa shape index (κ1) is 21.9. The molecule has 2 N–H and O–H groups in total. The van der Waals surface area contributed by atoms with E-state index in [9.17, 15) is 30.7 Å². The number of hydrogen-bond donors (Lipinski definition) is 1. The van der Waals surface area contributed by atoms with E-state index in [1.807, 2.05) is 0 Å². The van der Waals surface area contributed by atoms with Gasteiger partial charge in [0.1, 0.15) is 11.5 Å². The van der Waals surface area contributed by atoms with Crippen LogP contribution in [0, 0.1) is 12.7 Å². The molecule has 1 aromatic heterocycles. The lowest BCUT2D eigenvalue weighted by Crippen LogP contribution is -2.11. The minimum absolute atomic E-state index is 0.0415. The number of nitrogen functional groups attached to an aromatic ring is 1. The molecule has 0 saturated carbocycles. The summed E-state index contributed by atoms with van der Waals surface area (Å²) < 4.78 is 92.6. The number of para-hydroxylation sites is 1. The SMILES string of the molecule is Cc1cc(F)c(-n2nc(C(F)(F)F)nc2-c2ccccc2N)cc1SCC(F)(F)F. The van der Waals surface area contributed by atoms with Crippen LogP contribution in [0.15, 0.2) is 41.3 Å². The summed E-state index contributed by atoms with van der Waals surface area (Å²) in [4.78, 5) is 3.50. The number of thioether (sulfide) groups is 1. The predicted molar refractivity (Wildman–Crippen MR) is 97.7 cm³/mol. The molecule has 0 saturated heterocycles. The molecule has 0 atom stereocenters. The maximum Gasteiger partial charge on any atom is 0.453 e. The topological polar surface area (TPSA) is 56.7 Å². The van der Waals surface area contributed by atoms with E-state index in [0.717, 1.165) is 12.1 Å². The standard InChI is InChI=1S/C18H13F7N4S/c1-9-6-11(19)13(7-14(9)30-8-17(20,21)22)29-15(10-4-2-3-5-12(10)26)27-16(28-29)18(23,24)25/h2-7H,8,26H2,1H3. The summed E-state index contributed by atoms with van der Waals surface area (Å²) in [5.41, 5.74) is 5.67.